The van der Waals surface area contributed by atoms with Crippen molar-refractivity contribution < 1.29 is 9.53 Å². The number of carbonyl (C=O) groups is 1. The molecule has 1 amide bonds. The summed E-state index contributed by atoms with van der Waals surface area (Å²) in [5, 5.41) is 6.89. The summed E-state index contributed by atoms with van der Waals surface area (Å²) >= 11 is 0. The molecule has 2 saturated heterocycles. The molecule has 2 atom stereocenters. The Labute approximate surface area is 193 Å². The van der Waals surface area contributed by atoms with Gasteiger partial charge >= 0.3 is 0 Å². The summed E-state index contributed by atoms with van der Waals surface area (Å²) in [5.41, 5.74) is 1.20. The molecule has 7 nitrogen and oxygen atoms in total. The molecule has 2 heterocycles. The second kappa shape index (κ2) is 12.7. The van der Waals surface area contributed by atoms with E-state index >= 15 is 0 Å². The van der Waals surface area contributed by atoms with Crippen molar-refractivity contribution in [1.82, 2.24) is 20.4 Å². The highest BCUT2D eigenvalue weighted by atomic mass is 16.5. The molecule has 3 rings (SSSR count). The lowest BCUT2D eigenvalue weighted by atomic mass is 10.0. The number of guanidine groups is 1. The smallest absolute Gasteiger partial charge is 0.222 e. The van der Waals surface area contributed by atoms with Gasteiger partial charge in [-0.3, -0.25) is 14.7 Å². The number of amides is 1. The predicted octanol–water partition coefficient (Wildman–Crippen LogP) is 3.18. The Morgan fingerprint density at radius 3 is 2.56 bits per heavy atom. The zero-order valence-electron chi connectivity index (χ0n) is 20.1. The van der Waals surface area contributed by atoms with Crippen molar-refractivity contribution in [2.75, 3.05) is 46.4 Å². The van der Waals surface area contributed by atoms with Crippen molar-refractivity contribution in [3.05, 3.63) is 29.8 Å². The summed E-state index contributed by atoms with van der Waals surface area (Å²) in [4.78, 5) is 21.7. The average Bonchev–Trinajstić information content (AvgIpc) is 3.49. The minimum atomic E-state index is 0.203. The zero-order chi connectivity index (χ0) is 22.8. The van der Waals surface area contributed by atoms with Crippen molar-refractivity contribution in [1.29, 1.82) is 0 Å². The second-order valence-corrected chi connectivity index (χ2v) is 8.69. The number of nitrogens with zero attached hydrogens (tertiary/aromatic N) is 3. The molecule has 2 fully saturated rings. The van der Waals surface area contributed by atoms with E-state index in [4.69, 9.17) is 9.73 Å². The van der Waals surface area contributed by atoms with Gasteiger partial charge in [0.1, 0.15) is 5.75 Å². The van der Waals surface area contributed by atoms with Gasteiger partial charge in [0.15, 0.2) is 5.96 Å². The highest BCUT2D eigenvalue weighted by molar-refractivity contribution is 5.80. The Kier molecular flexibility index (Phi) is 9.65. The lowest BCUT2D eigenvalue weighted by Crippen LogP contribution is -2.42. The molecule has 2 aliphatic rings. The van der Waals surface area contributed by atoms with E-state index in [0.717, 1.165) is 63.7 Å². The topological polar surface area (TPSA) is 69.2 Å². The molecule has 0 spiro atoms. The van der Waals surface area contributed by atoms with Crippen molar-refractivity contribution in [2.45, 2.75) is 64.5 Å². The van der Waals surface area contributed by atoms with Crippen LogP contribution in [0.3, 0.4) is 0 Å². The molecule has 0 saturated carbocycles. The molecule has 0 aliphatic carbocycles. The fraction of sp³-hybridized carbons (Fsp3) is 0.680. The number of ether oxygens (including phenoxy) is 1. The van der Waals surface area contributed by atoms with Crippen LogP contribution in [0.2, 0.25) is 0 Å². The highest BCUT2D eigenvalue weighted by Crippen LogP contribution is 2.31. The van der Waals surface area contributed by atoms with Crippen LogP contribution in [0.4, 0.5) is 0 Å². The fourth-order valence-corrected chi connectivity index (χ4v) is 4.92. The molecule has 178 valence electrons. The van der Waals surface area contributed by atoms with Gasteiger partial charge in [-0.1, -0.05) is 25.1 Å². The Bertz CT molecular complexity index is 748. The average molecular weight is 444 g/mol. The van der Waals surface area contributed by atoms with Gasteiger partial charge in [-0.2, -0.15) is 0 Å². The van der Waals surface area contributed by atoms with Gasteiger partial charge in [-0.05, 0) is 58.2 Å². The highest BCUT2D eigenvalue weighted by Gasteiger charge is 2.27. The Hall–Kier alpha value is -2.28. The van der Waals surface area contributed by atoms with Crippen LogP contribution in [-0.2, 0) is 4.79 Å². The number of hydrogen-bond donors (Lipinski definition) is 2. The maximum Gasteiger partial charge on any atom is 0.222 e. The number of rotatable bonds is 11. The van der Waals surface area contributed by atoms with Gasteiger partial charge in [-0.15, -0.1) is 0 Å². The van der Waals surface area contributed by atoms with Gasteiger partial charge in [0, 0.05) is 37.7 Å². The van der Waals surface area contributed by atoms with E-state index in [1.807, 2.05) is 12.1 Å². The van der Waals surface area contributed by atoms with E-state index in [9.17, 15) is 4.79 Å². The number of carbonyl (C=O) groups excluding carboxylic acids is 1. The second-order valence-electron chi connectivity index (χ2n) is 8.69. The molecule has 1 aromatic carbocycles. The van der Waals surface area contributed by atoms with Gasteiger partial charge in [0.25, 0.3) is 0 Å². The van der Waals surface area contributed by atoms with Crippen molar-refractivity contribution >= 4 is 11.9 Å². The molecule has 0 bridgehead atoms. The van der Waals surface area contributed by atoms with Crippen LogP contribution in [0.5, 0.6) is 5.75 Å². The van der Waals surface area contributed by atoms with E-state index in [0.29, 0.717) is 24.9 Å². The molecular weight excluding hydrogens is 402 g/mol. The number of hydrogen-bond acceptors (Lipinski definition) is 4. The van der Waals surface area contributed by atoms with Gasteiger partial charge < -0.3 is 20.3 Å². The lowest BCUT2D eigenvalue weighted by Gasteiger charge is -2.28. The van der Waals surface area contributed by atoms with E-state index in [-0.39, 0.29) is 6.04 Å². The number of nitrogens with one attached hydrogen (secondary N) is 2. The van der Waals surface area contributed by atoms with Crippen LogP contribution < -0.4 is 15.4 Å². The third-order valence-corrected chi connectivity index (χ3v) is 6.64. The molecule has 0 radical (unpaired) electrons. The molecule has 1 aromatic rings. The van der Waals surface area contributed by atoms with Crippen LogP contribution in [-0.4, -0.2) is 74.1 Å². The summed E-state index contributed by atoms with van der Waals surface area (Å²) in [6.45, 7) is 9.67. The third kappa shape index (κ3) is 6.37. The standard InChI is InChI=1S/C25H41N5O2/c1-4-20(30-18-10-13-24(30)31)14-15-27-25(26-5-2)28-19-22(29-16-8-9-17-29)21-11-6-7-12-23(21)32-3/h6-7,11-12,20,22H,4-5,8-10,13-19H2,1-3H3,(H2,26,27,28). The molecule has 0 aromatic heterocycles. The summed E-state index contributed by atoms with van der Waals surface area (Å²) < 4.78 is 5.66. The number of para-hydroxylation sites is 1. The molecule has 7 heteroatoms. The lowest BCUT2D eigenvalue weighted by molar-refractivity contribution is -0.129. The first-order valence-electron chi connectivity index (χ1n) is 12.4. The normalized spacial score (nSPS) is 19.3. The van der Waals surface area contributed by atoms with E-state index in [1.165, 1.54) is 18.4 Å². The molecule has 2 aliphatic heterocycles. The molecule has 2 unspecified atom stereocenters. The van der Waals surface area contributed by atoms with E-state index in [1.54, 1.807) is 7.11 Å². The monoisotopic (exact) mass is 443 g/mol. The summed E-state index contributed by atoms with van der Waals surface area (Å²) in [5.74, 6) is 2.08. The summed E-state index contributed by atoms with van der Waals surface area (Å²) in [6, 6.07) is 8.82. The van der Waals surface area contributed by atoms with Crippen molar-refractivity contribution in [3.8, 4) is 5.75 Å². The number of benzene rings is 1. The SMILES string of the molecule is CCNC(=NCC(c1ccccc1OC)N1CCCC1)NCCC(CC)N1CCCC1=O. The maximum absolute atomic E-state index is 12.1. The van der Waals surface area contributed by atoms with Crippen LogP contribution in [0.15, 0.2) is 29.3 Å². The predicted molar refractivity (Wildman–Crippen MR) is 130 cm³/mol. The quantitative estimate of drug-likeness (QED) is 0.406. The van der Waals surface area contributed by atoms with E-state index < -0.39 is 0 Å². The largest absolute Gasteiger partial charge is 0.496 e. The molecule has 2 N–H and O–H groups in total. The minimum Gasteiger partial charge on any atom is -0.496 e. The van der Waals surface area contributed by atoms with Crippen LogP contribution >= 0.6 is 0 Å². The summed E-state index contributed by atoms with van der Waals surface area (Å²) in [6.07, 6.45) is 6.10. The van der Waals surface area contributed by atoms with Gasteiger partial charge in [-0.25, -0.2) is 0 Å². The van der Waals surface area contributed by atoms with Crippen LogP contribution in [0.25, 0.3) is 0 Å². The maximum atomic E-state index is 12.1. The first-order valence-corrected chi connectivity index (χ1v) is 12.4. The molecular formula is C25H41N5O2. The van der Waals surface area contributed by atoms with Crippen molar-refractivity contribution in [2.24, 2.45) is 4.99 Å². The number of methoxy groups -OCH3 is 1. The Balaban J connectivity index is 1.65. The van der Waals surface area contributed by atoms with Crippen LogP contribution in [0.1, 0.15) is 64.0 Å². The first-order chi connectivity index (χ1) is 15.7. The Morgan fingerprint density at radius 1 is 1.12 bits per heavy atom. The van der Waals surface area contributed by atoms with E-state index in [2.05, 4.69) is 46.4 Å². The van der Waals surface area contributed by atoms with Crippen LogP contribution in [0, 0.1) is 0 Å². The molecule has 32 heavy (non-hydrogen) atoms. The fourth-order valence-electron chi connectivity index (χ4n) is 4.92. The van der Waals surface area contributed by atoms with Gasteiger partial charge in [0.2, 0.25) is 5.91 Å². The Morgan fingerprint density at radius 2 is 1.91 bits per heavy atom. The third-order valence-electron chi connectivity index (χ3n) is 6.64. The number of likely N-dealkylation sites (tertiary alicyclic amines) is 2. The first kappa shape index (κ1) is 24.4. The number of aliphatic imine (C=N–C) groups is 1. The summed E-state index contributed by atoms with van der Waals surface area (Å²) in [7, 11) is 1.74. The van der Waals surface area contributed by atoms with Crippen molar-refractivity contribution in [3.63, 3.8) is 0 Å². The minimum absolute atomic E-state index is 0.203. The van der Waals surface area contributed by atoms with Gasteiger partial charge in [0.05, 0.1) is 19.7 Å². The zero-order valence-corrected chi connectivity index (χ0v) is 20.1.